The molecule has 3 aromatic heterocycles. The second-order valence-electron chi connectivity index (χ2n) is 6.72. The first kappa shape index (κ1) is 20.6. The number of hydrogen-bond acceptors (Lipinski definition) is 7. The molecule has 31 heavy (non-hydrogen) atoms. The number of nitrogens with zero attached hydrogens (tertiary/aromatic N) is 4. The van der Waals surface area contributed by atoms with E-state index in [1.807, 2.05) is 12.1 Å². The number of nitrogens with one attached hydrogen (secondary N) is 2. The third-order valence-electron chi connectivity index (χ3n) is 4.57. The number of alkyl halides is 1. The lowest BCUT2D eigenvalue weighted by molar-refractivity contribution is 0.377. The minimum atomic E-state index is -1.05. The van der Waals surface area contributed by atoms with Gasteiger partial charge in [0.15, 0.2) is 5.82 Å². The first-order valence-electron chi connectivity index (χ1n) is 9.50. The van der Waals surface area contributed by atoms with Gasteiger partial charge in [0.25, 0.3) is 0 Å². The third kappa shape index (κ3) is 5.10. The highest BCUT2D eigenvalue weighted by atomic mass is 35.5. The molecule has 7 nitrogen and oxygen atoms in total. The molecule has 1 unspecified atom stereocenters. The molecule has 0 fully saturated rings. The van der Waals surface area contributed by atoms with Crippen LogP contribution in [-0.2, 0) is 0 Å². The van der Waals surface area contributed by atoms with Gasteiger partial charge in [-0.15, -0.1) is 0 Å². The van der Waals surface area contributed by atoms with Gasteiger partial charge in [-0.1, -0.05) is 35.0 Å². The van der Waals surface area contributed by atoms with Crippen LogP contribution in [-0.4, -0.2) is 38.5 Å². The SMILES string of the molecule is N=C(/C=C(\NCC1=CC=CCC1F)c1ccon1)c1nc(Cl)cc(-c2cccnc2)n1. The van der Waals surface area contributed by atoms with Gasteiger partial charge in [-0.3, -0.25) is 10.4 Å². The maximum absolute atomic E-state index is 14.1. The molecule has 0 spiro atoms. The lowest BCUT2D eigenvalue weighted by Crippen LogP contribution is -2.22. The minimum absolute atomic E-state index is 0.00691. The quantitative estimate of drug-likeness (QED) is 0.420. The van der Waals surface area contributed by atoms with Crippen molar-refractivity contribution in [1.29, 1.82) is 5.41 Å². The number of rotatable bonds is 7. The van der Waals surface area contributed by atoms with Gasteiger partial charge in [-0.25, -0.2) is 14.4 Å². The monoisotopic (exact) mass is 436 g/mol. The summed E-state index contributed by atoms with van der Waals surface area (Å²) in [5, 5.41) is 15.8. The van der Waals surface area contributed by atoms with Crippen LogP contribution in [0.15, 0.2) is 77.3 Å². The minimum Gasteiger partial charge on any atom is -0.379 e. The average Bonchev–Trinajstić information content (AvgIpc) is 3.32. The van der Waals surface area contributed by atoms with Crippen molar-refractivity contribution in [3.63, 3.8) is 0 Å². The molecule has 156 valence electrons. The van der Waals surface area contributed by atoms with E-state index in [4.69, 9.17) is 21.5 Å². The Bertz CT molecular complexity index is 1160. The highest BCUT2D eigenvalue weighted by molar-refractivity contribution is 6.29. The molecule has 0 aromatic carbocycles. The standard InChI is InChI=1S/C22H18ClFN6O/c23-21-11-19(15-5-3-8-26-12-15)28-22(29-21)17(25)10-20(18-7-9-31-30-18)27-13-14-4-1-2-6-16(14)24/h1-5,7-12,16,25,27H,6,13H2/b20-10-,25-17?. The molecule has 2 N–H and O–H groups in total. The van der Waals surface area contributed by atoms with E-state index in [-0.39, 0.29) is 23.2 Å². The number of hydrogen-bond donors (Lipinski definition) is 2. The molecular weight excluding hydrogens is 419 g/mol. The van der Waals surface area contributed by atoms with Gasteiger partial charge in [-0.05, 0) is 23.8 Å². The van der Waals surface area contributed by atoms with Crippen LogP contribution in [0.2, 0.25) is 5.15 Å². The zero-order valence-electron chi connectivity index (χ0n) is 16.3. The molecule has 3 heterocycles. The third-order valence-corrected chi connectivity index (χ3v) is 4.76. The zero-order valence-corrected chi connectivity index (χ0v) is 17.1. The summed E-state index contributed by atoms with van der Waals surface area (Å²) in [5.74, 6) is 0.136. The Morgan fingerprint density at radius 3 is 3.00 bits per heavy atom. The van der Waals surface area contributed by atoms with E-state index in [0.717, 1.165) is 5.56 Å². The smallest absolute Gasteiger partial charge is 0.179 e. The summed E-state index contributed by atoms with van der Waals surface area (Å²) >= 11 is 6.17. The molecule has 3 aromatic rings. The molecule has 0 aliphatic heterocycles. The van der Waals surface area contributed by atoms with Crippen molar-refractivity contribution in [1.82, 2.24) is 25.4 Å². The molecule has 1 aliphatic rings. The van der Waals surface area contributed by atoms with Crippen molar-refractivity contribution >= 4 is 23.0 Å². The zero-order chi connectivity index (χ0) is 21.6. The van der Waals surface area contributed by atoms with Crippen LogP contribution in [0.3, 0.4) is 0 Å². The second-order valence-corrected chi connectivity index (χ2v) is 7.11. The molecule has 0 saturated heterocycles. The number of pyridine rings is 1. The predicted molar refractivity (Wildman–Crippen MR) is 116 cm³/mol. The lowest BCUT2D eigenvalue weighted by atomic mass is 10.0. The summed E-state index contributed by atoms with van der Waals surface area (Å²) < 4.78 is 19.1. The summed E-state index contributed by atoms with van der Waals surface area (Å²) in [6, 6.07) is 6.89. The van der Waals surface area contributed by atoms with Gasteiger partial charge in [0, 0.05) is 43.1 Å². The Balaban J connectivity index is 1.62. The molecule has 4 rings (SSSR count). The largest absolute Gasteiger partial charge is 0.379 e. The van der Waals surface area contributed by atoms with Crippen LogP contribution in [0.25, 0.3) is 17.0 Å². The Morgan fingerprint density at radius 1 is 1.35 bits per heavy atom. The molecule has 9 heteroatoms. The molecule has 0 amide bonds. The van der Waals surface area contributed by atoms with Gasteiger partial charge in [0.2, 0.25) is 0 Å². The first-order valence-corrected chi connectivity index (χ1v) is 9.88. The Morgan fingerprint density at radius 2 is 2.26 bits per heavy atom. The fourth-order valence-electron chi connectivity index (χ4n) is 2.99. The first-order chi connectivity index (χ1) is 15.1. The van der Waals surface area contributed by atoms with Crippen molar-refractivity contribution < 1.29 is 8.91 Å². The summed E-state index contributed by atoms with van der Waals surface area (Å²) in [6.07, 6.45) is 10.9. The summed E-state index contributed by atoms with van der Waals surface area (Å²) in [6.45, 7) is 0.259. The molecule has 0 bridgehead atoms. The summed E-state index contributed by atoms with van der Waals surface area (Å²) in [7, 11) is 0. The van der Waals surface area contributed by atoms with Gasteiger partial charge in [0.05, 0.1) is 11.4 Å². The highest BCUT2D eigenvalue weighted by Crippen LogP contribution is 2.21. The number of halogens is 2. The van der Waals surface area contributed by atoms with Crippen molar-refractivity contribution in [3.05, 3.63) is 89.5 Å². The van der Waals surface area contributed by atoms with E-state index in [2.05, 4.69) is 25.4 Å². The van der Waals surface area contributed by atoms with E-state index in [1.165, 1.54) is 12.3 Å². The van der Waals surface area contributed by atoms with Crippen LogP contribution in [0, 0.1) is 5.41 Å². The fraction of sp³-hybridized carbons (Fsp3) is 0.136. The molecule has 0 radical (unpaired) electrons. The van der Waals surface area contributed by atoms with E-state index >= 15 is 0 Å². The molecule has 1 atom stereocenters. The van der Waals surface area contributed by atoms with Gasteiger partial charge in [-0.2, -0.15) is 0 Å². The van der Waals surface area contributed by atoms with E-state index in [9.17, 15) is 4.39 Å². The molecular formula is C22H18ClFN6O. The van der Waals surface area contributed by atoms with Crippen LogP contribution in [0.5, 0.6) is 0 Å². The Labute approximate surface area is 182 Å². The molecule has 1 aliphatic carbocycles. The van der Waals surface area contributed by atoms with Gasteiger partial charge < -0.3 is 9.84 Å². The molecule has 0 saturated carbocycles. The van der Waals surface area contributed by atoms with Crippen LogP contribution in [0.1, 0.15) is 17.9 Å². The second kappa shape index (κ2) is 9.44. The van der Waals surface area contributed by atoms with E-state index < -0.39 is 6.17 Å². The van der Waals surface area contributed by atoms with Crippen LogP contribution in [0.4, 0.5) is 4.39 Å². The van der Waals surface area contributed by atoms with Crippen molar-refractivity contribution in [2.24, 2.45) is 0 Å². The predicted octanol–water partition coefficient (Wildman–Crippen LogP) is 4.40. The van der Waals surface area contributed by atoms with E-state index in [1.54, 1.807) is 42.7 Å². The summed E-state index contributed by atoms with van der Waals surface area (Å²) in [4.78, 5) is 12.7. The fourth-order valence-corrected chi connectivity index (χ4v) is 3.17. The Hall–Kier alpha value is -3.65. The van der Waals surface area contributed by atoms with Gasteiger partial charge >= 0.3 is 0 Å². The van der Waals surface area contributed by atoms with Crippen LogP contribution < -0.4 is 5.32 Å². The van der Waals surface area contributed by atoms with Crippen molar-refractivity contribution in [3.8, 4) is 11.3 Å². The van der Waals surface area contributed by atoms with E-state index in [0.29, 0.717) is 29.1 Å². The average molecular weight is 437 g/mol. The number of allylic oxidation sites excluding steroid dienone is 4. The Kier molecular flexibility index (Phi) is 6.28. The lowest BCUT2D eigenvalue weighted by Gasteiger charge is -2.16. The number of aromatic nitrogens is 4. The van der Waals surface area contributed by atoms with Crippen LogP contribution >= 0.6 is 11.6 Å². The normalized spacial score (nSPS) is 16.1. The maximum Gasteiger partial charge on any atom is 0.179 e. The van der Waals surface area contributed by atoms with Gasteiger partial charge in [0.1, 0.15) is 29.0 Å². The highest BCUT2D eigenvalue weighted by Gasteiger charge is 2.16. The van der Waals surface area contributed by atoms with Crippen molar-refractivity contribution in [2.45, 2.75) is 12.6 Å². The topological polar surface area (TPSA) is 101 Å². The summed E-state index contributed by atoms with van der Waals surface area (Å²) in [5.41, 5.74) is 2.88. The van der Waals surface area contributed by atoms with Crippen molar-refractivity contribution in [2.75, 3.05) is 6.54 Å². The maximum atomic E-state index is 14.1.